The van der Waals surface area contributed by atoms with Gasteiger partial charge in [-0.25, -0.2) is 4.98 Å². The van der Waals surface area contributed by atoms with E-state index in [0.717, 1.165) is 17.0 Å². The summed E-state index contributed by atoms with van der Waals surface area (Å²) in [5, 5.41) is 12.9. The number of fused-ring (bicyclic) bond motifs is 1. The average Bonchev–Trinajstić information content (AvgIpc) is 3.19. The number of para-hydroxylation sites is 1. The molecule has 2 N–H and O–H groups in total. The molecule has 0 spiro atoms. The summed E-state index contributed by atoms with van der Waals surface area (Å²) in [6, 6.07) is 8.56. The van der Waals surface area contributed by atoms with Crippen molar-refractivity contribution < 1.29 is 18.0 Å². The summed E-state index contributed by atoms with van der Waals surface area (Å²) in [6.45, 7) is 5.13. The monoisotopic (exact) mass is 428 g/mol. The number of H-pyrrole nitrogens is 1. The number of carbonyl (C=O) groups is 1. The van der Waals surface area contributed by atoms with Crippen molar-refractivity contribution in [2.45, 2.75) is 26.9 Å². The number of amides is 1. The molecule has 10 heteroatoms. The summed E-state index contributed by atoms with van der Waals surface area (Å²) >= 11 is 0. The van der Waals surface area contributed by atoms with Gasteiger partial charge in [-0.05, 0) is 32.9 Å². The fourth-order valence-corrected chi connectivity index (χ4v) is 3.60. The zero-order chi connectivity index (χ0) is 22.5. The van der Waals surface area contributed by atoms with Crippen molar-refractivity contribution in [2.24, 2.45) is 7.05 Å². The standard InChI is InChI=1S/C21H19F3N6O/c1-10-17(12(3)30(4)29-10)16-9-14(13-7-5-6-8-15(13)25-16)20(31)26-18-11(2)27-28-19(18)21(22,23)24/h5-9H,1-4H3,(H,26,31)(H,27,28). The average molecular weight is 428 g/mol. The Labute approximate surface area is 175 Å². The van der Waals surface area contributed by atoms with Crippen LogP contribution in [0.3, 0.4) is 0 Å². The van der Waals surface area contributed by atoms with E-state index >= 15 is 0 Å². The quantitative estimate of drug-likeness (QED) is 0.501. The van der Waals surface area contributed by atoms with Crippen LogP contribution in [0.2, 0.25) is 0 Å². The first-order valence-corrected chi connectivity index (χ1v) is 9.41. The normalized spacial score (nSPS) is 11.8. The second kappa shape index (κ2) is 7.22. The molecule has 0 fully saturated rings. The van der Waals surface area contributed by atoms with Crippen molar-refractivity contribution in [3.63, 3.8) is 0 Å². The van der Waals surface area contributed by atoms with Gasteiger partial charge in [0.1, 0.15) is 0 Å². The molecule has 0 bridgehead atoms. The Kier molecular flexibility index (Phi) is 4.79. The number of nitrogens with zero attached hydrogens (tertiary/aromatic N) is 4. The smallest absolute Gasteiger partial charge is 0.319 e. The van der Waals surface area contributed by atoms with E-state index in [1.165, 1.54) is 6.92 Å². The molecule has 7 nitrogen and oxygen atoms in total. The molecule has 0 atom stereocenters. The summed E-state index contributed by atoms with van der Waals surface area (Å²) in [4.78, 5) is 17.8. The molecule has 0 radical (unpaired) electrons. The highest BCUT2D eigenvalue weighted by molar-refractivity contribution is 6.13. The van der Waals surface area contributed by atoms with E-state index < -0.39 is 23.5 Å². The largest absolute Gasteiger partial charge is 0.437 e. The van der Waals surface area contributed by atoms with E-state index in [1.807, 2.05) is 13.8 Å². The third-order valence-corrected chi connectivity index (χ3v) is 5.18. The van der Waals surface area contributed by atoms with Gasteiger partial charge < -0.3 is 5.32 Å². The van der Waals surface area contributed by atoms with Gasteiger partial charge in [0.15, 0.2) is 5.69 Å². The van der Waals surface area contributed by atoms with E-state index in [0.29, 0.717) is 16.6 Å². The predicted octanol–water partition coefficient (Wildman–Crippen LogP) is 4.55. The number of halogens is 3. The first-order chi connectivity index (χ1) is 14.6. The molecule has 1 aromatic carbocycles. The number of anilines is 1. The molecule has 4 rings (SSSR count). The number of aromatic nitrogens is 5. The van der Waals surface area contributed by atoms with Crippen LogP contribution < -0.4 is 5.32 Å². The summed E-state index contributed by atoms with van der Waals surface area (Å²) in [5.41, 5.74) is 2.19. The number of alkyl halides is 3. The number of rotatable bonds is 3. The Morgan fingerprint density at radius 3 is 2.52 bits per heavy atom. The number of carbonyl (C=O) groups excluding carboxylic acids is 1. The molecule has 3 aromatic heterocycles. The van der Waals surface area contributed by atoms with Crippen molar-refractivity contribution in [3.8, 4) is 11.3 Å². The molecule has 0 aliphatic heterocycles. The second-order valence-electron chi connectivity index (χ2n) is 7.27. The number of aryl methyl sites for hydroxylation is 3. The maximum absolute atomic E-state index is 13.3. The number of pyridine rings is 1. The van der Waals surface area contributed by atoms with Gasteiger partial charge in [0.05, 0.1) is 33.8 Å². The summed E-state index contributed by atoms with van der Waals surface area (Å²) < 4.78 is 41.6. The van der Waals surface area contributed by atoms with Crippen molar-refractivity contribution in [3.05, 3.63) is 58.7 Å². The lowest BCUT2D eigenvalue weighted by Crippen LogP contribution is -2.17. The maximum atomic E-state index is 13.3. The Hall–Kier alpha value is -3.69. The van der Waals surface area contributed by atoms with Gasteiger partial charge >= 0.3 is 6.18 Å². The van der Waals surface area contributed by atoms with E-state index in [9.17, 15) is 18.0 Å². The fourth-order valence-electron chi connectivity index (χ4n) is 3.60. The van der Waals surface area contributed by atoms with Gasteiger partial charge in [0.25, 0.3) is 5.91 Å². The Balaban J connectivity index is 1.86. The third-order valence-electron chi connectivity index (χ3n) is 5.18. The maximum Gasteiger partial charge on any atom is 0.437 e. The topological polar surface area (TPSA) is 88.5 Å². The van der Waals surface area contributed by atoms with Crippen LogP contribution in [0, 0.1) is 20.8 Å². The molecule has 0 saturated heterocycles. The summed E-state index contributed by atoms with van der Waals surface area (Å²) in [5.74, 6) is -0.686. The highest BCUT2D eigenvalue weighted by Crippen LogP contribution is 2.35. The minimum absolute atomic E-state index is 0.109. The highest BCUT2D eigenvalue weighted by atomic mass is 19.4. The van der Waals surface area contributed by atoms with Crippen LogP contribution in [-0.2, 0) is 13.2 Å². The summed E-state index contributed by atoms with van der Waals surface area (Å²) in [6.07, 6.45) is -4.71. The van der Waals surface area contributed by atoms with Crippen LogP contribution in [0.1, 0.15) is 33.1 Å². The van der Waals surface area contributed by atoms with Crippen LogP contribution in [0.4, 0.5) is 18.9 Å². The van der Waals surface area contributed by atoms with Crippen LogP contribution in [0.5, 0.6) is 0 Å². The van der Waals surface area contributed by atoms with Crippen molar-refractivity contribution in [2.75, 3.05) is 5.32 Å². The fraction of sp³-hybridized carbons (Fsp3) is 0.238. The molecule has 3 heterocycles. The van der Waals surface area contributed by atoms with Crippen molar-refractivity contribution in [1.29, 1.82) is 0 Å². The number of benzene rings is 1. The van der Waals surface area contributed by atoms with Gasteiger partial charge in [0, 0.05) is 23.7 Å². The summed E-state index contributed by atoms with van der Waals surface area (Å²) in [7, 11) is 1.81. The minimum Gasteiger partial charge on any atom is -0.319 e. The van der Waals surface area contributed by atoms with Gasteiger partial charge in [-0.15, -0.1) is 0 Å². The van der Waals surface area contributed by atoms with E-state index in [4.69, 9.17) is 0 Å². The molecule has 1 amide bonds. The Morgan fingerprint density at radius 1 is 1.16 bits per heavy atom. The zero-order valence-electron chi connectivity index (χ0n) is 17.2. The minimum atomic E-state index is -4.71. The predicted molar refractivity (Wildman–Crippen MR) is 110 cm³/mol. The number of hydrogen-bond donors (Lipinski definition) is 2. The molecular weight excluding hydrogens is 409 g/mol. The van der Waals surface area contributed by atoms with Crippen LogP contribution >= 0.6 is 0 Å². The number of aromatic amines is 1. The van der Waals surface area contributed by atoms with Crippen molar-refractivity contribution >= 4 is 22.5 Å². The first kappa shape index (κ1) is 20.6. The zero-order valence-corrected chi connectivity index (χ0v) is 17.2. The first-order valence-electron chi connectivity index (χ1n) is 9.41. The molecule has 4 aromatic rings. The van der Waals surface area contributed by atoms with Gasteiger partial charge in [0.2, 0.25) is 0 Å². The highest BCUT2D eigenvalue weighted by Gasteiger charge is 2.38. The Bertz CT molecular complexity index is 1320. The molecule has 160 valence electrons. The van der Waals surface area contributed by atoms with Crippen LogP contribution in [-0.4, -0.2) is 30.9 Å². The van der Waals surface area contributed by atoms with Crippen molar-refractivity contribution in [1.82, 2.24) is 25.0 Å². The number of hydrogen-bond acceptors (Lipinski definition) is 4. The van der Waals surface area contributed by atoms with Crippen LogP contribution in [0.15, 0.2) is 30.3 Å². The lowest BCUT2D eigenvalue weighted by Gasteiger charge is -2.12. The SMILES string of the molecule is Cc1nn(C)c(C)c1-c1cc(C(=O)Nc2c(C(F)(F)F)n[nH]c2C)c2ccccc2n1. The molecule has 31 heavy (non-hydrogen) atoms. The van der Waals surface area contributed by atoms with Gasteiger partial charge in [-0.3, -0.25) is 14.6 Å². The lowest BCUT2D eigenvalue weighted by molar-refractivity contribution is -0.140. The molecule has 0 aliphatic rings. The third kappa shape index (κ3) is 3.54. The molecule has 0 saturated carbocycles. The Morgan fingerprint density at radius 2 is 1.87 bits per heavy atom. The van der Waals surface area contributed by atoms with Crippen LogP contribution in [0.25, 0.3) is 22.2 Å². The lowest BCUT2D eigenvalue weighted by atomic mass is 10.0. The van der Waals surface area contributed by atoms with E-state index in [1.54, 1.807) is 42.1 Å². The van der Waals surface area contributed by atoms with Gasteiger partial charge in [-0.2, -0.15) is 23.4 Å². The van der Waals surface area contributed by atoms with Gasteiger partial charge in [-0.1, -0.05) is 18.2 Å². The molecule has 0 unspecified atom stereocenters. The molecular formula is C21H19F3N6O. The number of nitrogens with one attached hydrogen (secondary N) is 2. The molecule has 0 aliphatic carbocycles. The van der Waals surface area contributed by atoms with E-state index in [2.05, 4.69) is 25.6 Å². The second-order valence-corrected chi connectivity index (χ2v) is 7.27. The van der Waals surface area contributed by atoms with E-state index in [-0.39, 0.29) is 11.3 Å².